The first kappa shape index (κ1) is 17.3. The van der Waals surface area contributed by atoms with Gasteiger partial charge in [-0.2, -0.15) is 0 Å². The van der Waals surface area contributed by atoms with Crippen LogP contribution in [0.5, 0.6) is 5.75 Å². The molecular weight excluding hydrogens is 332 g/mol. The van der Waals surface area contributed by atoms with Crippen molar-refractivity contribution in [1.82, 2.24) is 10.2 Å². The van der Waals surface area contributed by atoms with Crippen LogP contribution in [0.2, 0.25) is 0 Å². The number of carbonyl (C=O) groups is 2. The molecule has 0 spiro atoms. The second-order valence-corrected chi connectivity index (χ2v) is 7.73. The SMILES string of the molecule is COC(=O)c1cc(OCC2CCC2)cc(C(=O)N2C[C@H]3CNC[C@H]3C2)c1. The van der Waals surface area contributed by atoms with Crippen molar-refractivity contribution in [3.05, 3.63) is 29.3 Å². The van der Waals surface area contributed by atoms with Crippen LogP contribution in [0.3, 0.4) is 0 Å². The van der Waals surface area contributed by atoms with Crippen molar-refractivity contribution in [1.29, 1.82) is 0 Å². The van der Waals surface area contributed by atoms with E-state index in [1.165, 1.54) is 26.4 Å². The highest BCUT2D eigenvalue weighted by molar-refractivity contribution is 5.98. The van der Waals surface area contributed by atoms with E-state index < -0.39 is 5.97 Å². The van der Waals surface area contributed by atoms with E-state index in [-0.39, 0.29) is 5.91 Å². The number of hydrogen-bond donors (Lipinski definition) is 1. The molecular formula is C20H26N2O4. The quantitative estimate of drug-likeness (QED) is 0.815. The van der Waals surface area contributed by atoms with Gasteiger partial charge in [0.05, 0.1) is 19.3 Å². The lowest BCUT2D eigenvalue weighted by Gasteiger charge is -2.25. The first-order valence-corrected chi connectivity index (χ1v) is 9.50. The third-order valence-electron chi connectivity index (χ3n) is 5.96. The number of nitrogens with zero attached hydrogens (tertiary/aromatic N) is 1. The van der Waals surface area contributed by atoms with Crippen molar-refractivity contribution in [3.63, 3.8) is 0 Å². The first-order valence-electron chi connectivity index (χ1n) is 9.50. The maximum absolute atomic E-state index is 13.0. The second kappa shape index (κ2) is 7.27. The summed E-state index contributed by atoms with van der Waals surface area (Å²) in [6.45, 7) is 4.14. The van der Waals surface area contributed by atoms with E-state index in [4.69, 9.17) is 9.47 Å². The molecule has 1 amide bonds. The van der Waals surface area contributed by atoms with Gasteiger partial charge in [-0.3, -0.25) is 4.79 Å². The number of likely N-dealkylation sites (tertiary alicyclic amines) is 1. The molecule has 0 aromatic heterocycles. The number of benzene rings is 1. The van der Waals surface area contributed by atoms with Crippen molar-refractivity contribution in [2.24, 2.45) is 17.8 Å². The fraction of sp³-hybridized carbons (Fsp3) is 0.600. The fourth-order valence-corrected chi connectivity index (χ4v) is 4.12. The largest absolute Gasteiger partial charge is 0.493 e. The van der Waals surface area contributed by atoms with Gasteiger partial charge in [0, 0.05) is 31.7 Å². The van der Waals surface area contributed by atoms with Gasteiger partial charge in [0.1, 0.15) is 5.75 Å². The molecule has 2 saturated heterocycles. The third-order valence-corrected chi connectivity index (χ3v) is 5.96. The predicted octanol–water partition coefficient (Wildman–Crippen LogP) is 1.94. The van der Waals surface area contributed by atoms with E-state index in [9.17, 15) is 9.59 Å². The summed E-state index contributed by atoms with van der Waals surface area (Å²) in [5.41, 5.74) is 0.868. The number of carbonyl (C=O) groups excluding carboxylic acids is 2. The molecule has 4 rings (SSSR count). The average molecular weight is 358 g/mol. The Kier molecular flexibility index (Phi) is 4.85. The van der Waals surface area contributed by atoms with Crippen molar-refractivity contribution in [2.45, 2.75) is 19.3 Å². The van der Waals surface area contributed by atoms with Crippen LogP contribution in [0.4, 0.5) is 0 Å². The predicted molar refractivity (Wildman–Crippen MR) is 96.4 cm³/mol. The Hall–Kier alpha value is -2.08. The van der Waals surface area contributed by atoms with Crippen LogP contribution < -0.4 is 10.1 Å². The normalized spacial score (nSPS) is 24.9. The summed E-state index contributed by atoms with van der Waals surface area (Å²) in [4.78, 5) is 26.9. The maximum atomic E-state index is 13.0. The molecule has 1 aliphatic carbocycles. The van der Waals surface area contributed by atoms with Crippen molar-refractivity contribution in [2.75, 3.05) is 39.9 Å². The second-order valence-electron chi connectivity index (χ2n) is 7.73. The van der Waals surface area contributed by atoms with Crippen LogP contribution in [0.25, 0.3) is 0 Å². The monoisotopic (exact) mass is 358 g/mol. The lowest BCUT2D eigenvalue weighted by atomic mass is 9.86. The van der Waals surface area contributed by atoms with E-state index in [2.05, 4.69) is 5.32 Å². The average Bonchev–Trinajstić information content (AvgIpc) is 3.20. The standard InChI is InChI=1S/C20H26N2O4/c1-25-20(24)15-5-14(6-18(7-15)26-12-13-3-2-4-13)19(23)22-10-16-8-21-9-17(16)11-22/h5-7,13,16-17,21H,2-4,8-12H2,1H3/t16-,17+. The Morgan fingerprint density at radius 1 is 1.12 bits per heavy atom. The number of hydrogen-bond acceptors (Lipinski definition) is 5. The number of amides is 1. The van der Waals surface area contributed by atoms with Gasteiger partial charge in [-0.15, -0.1) is 0 Å². The van der Waals surface area contributed by atoms with Gasteiger partial charge in [0.15, 0.2) is 0 Å². The molecule has 1 N–H and O–H groups in total. The van der Waals surface area contributed by atoms with Crippen LogP contribution in [0.1, 0.15) is 40.0 Å². The molecule has 2 heterocycles. The fourth-order valence-electron chi connectivity index (χ4n) is 4.12. The molecule has 0 radical (unpaired) electrons. The highest BCUT2D eigenvalue weighted by Gasteiger charge is 2.38. The molecule has 2 aliphatic heterocycles. The van der Waals surface area contributed by atoms with E-state index in [1.54, 1.807) is 18.2 Å². The zero-order valence-electron chi connectivity index (χ0n) is 15.2. The topological polar surface area (TPSA) is 67.9 Å². The van der Waals surface area contributed by atoms with Gasteiger partial charge in [0.2, 0.25) is 0 Å². The minimum absolute atomic E-state index is 0.0290. The van der Waals surface area contributed by atoms with Crippen LogP contribution in [0, 0.1) is 17.8 Å². The Labute approximate surface area is 153 Å². The summed E-state index contributed by atoms with van der Waals surface area (Å²) in [5, 5.41) is 3.38. The molecule has 3 aliphatic rings. The van der Waals surface area contributed by atoms with Gasteiger partial charge >= 0.3 is 5.97 Å². The molecule has 2 atom stereocenters. The number of rotatable bonds is 5. The summed E-state index contributed by atoms with van der Waals surface area (Å²) in [6, 6.07) is 5.06. The van der Waals surface area contributed by atoms with E-state index in [0.717, 1.165) is 26.2 Å². The highest BCUT2D eigenvalue weighted by Crippen LogP contribution is 2.30. The number of nitrogens with one attached hydrogen (secondary N) is 1. The molecule has 1 aromatic rings. The molecule has 0 unspecified atom stereocenters. The molecule has 3 fully saturated rings. The number of methoxy groups -OCH3 is 1. The maximum Gasteiger partial charge on any atom is 0.338 e. The van der Waals surface area contributed by atoms with Crippen LogP contribution >= 0.6 is 0 Å². The molecule has 1 aromatic carbocycles. The molecule has 6 heteroatoms. The van der Waals surface area contributed by atoms with Crippen LogP contribution in [0.15, 0.2) is 18.2 Å². The molecule has 0 bridgehead atoms. The van der Waals surface area contributed by atoms with E-state index in [1.807, 2.05) is 4.90 Å². The Balaban J connectivity index is 1.52. The van der Waals surface area contributed by atoms with Crippen LogP contribution in [-0.2, 0) is 4.74 Å². The van der Waals surface area contributed by atoms with Gasteiger partial charge in [0.25, 0.3) is 5.91 Å². The van der Waals surface area contributed by atoms with E-state index >= 15 is 0 Å². The Bertz CT molecular complexity index is 689. The lowest BCUT2D eigenvalue weighted by Crippen LogP contribution is -2.32. The first-order chi connectivity index (χ1) is 12.6. The smallest absolute Gasteiger partial charge is 0.338 e. The van der Waals surface area contributed by atoms with Gasteiger partial charge in [-0.1, -0.05) is 6.42 Å². The minimum Gasteiger partial charge on any atom is -0.493 e. The number of fused-ring (bicyclic) bond motifs is 1. The van der Waals surface area contributed by atoms with Crippen molar-refractivity contribution < 1.29 is 19.1 Å². The van der Waals surface area contributed by atoms with Gasteiger partial charge in [-0.05, 0) is 48.8 Å². The zero-order valence-corrected chi connectivity index (χ0v) is 15.2. The number of esters is 1. The molecule has 26 heavy (non-hydrogen) atoms. The summed E-state index contributed by atoms with van der Waals surface area (Å²) >= 11 is 0. The van der Waals surface area contributed by atoms with Crippen LogP contribution in [-0.4, -0.2) is 56.7 Å². The van der Waals surface area contributed by atoms with Crippen molar-refractivity contribution in [3.8, 4) is 5.75 Å². The minimum atomic E-state index is -0.448. The summed E-state index contributed by atoms with van der Waals surface area (Å²) in [5.74, 6) is 1.76. The molecule has 1 saturated carbocycles. The lowest BCUT2D eigenvalue weighted by molar-refractivity contribution is 0.0600. The summed E-state index contributed by atoms with van der Waals surface area (Å²) in [7, 11) is 1.35. The highest BCUT2D eigenvalue weighted by atomic mass is 16.5. The van der Waals surface area contributed by atoms with Crippen molar-refractivity contribution >= 4 is 11.9 Å². The summed E-state index contributed by atoms with van der Waals surface area (Å²) < 4.78 is 10.7. The van der Waals surface area contributed by atoms with Gasteiger partial charge < -0.3 is 19.7 Å². The summed E-state index contributed by atoms with van der Waals surface area (Å²) in [6.07, 6.45) is 3.63. The molecule has 140 valence electrons. The van der Waals surface area contributed by atoms with E-state index in [0.29, 0.717) is 41.2 Å². The Morgan fingerprint density at radius 3 is 2.42 bits per heavy atom. The number of ether oxygens (including phenoxy) is 2. The Morgan fingerprint density at radius 2 is 1.81 bits per heavy atom. The molecule has 6 nitrogen and oxygen atoms in total. The zero-order chi connectivity index (χ0) is 18.1. The van der Waals surface area contributed by atoms with Gasteiger partial charge in [-0.25, -0.2) is 4.79 Å². The third kappa shape index (κ3) is 3.43.